The lowest BCUT2D eigenvalue weighted by atomic mass is 9.96. The Balaban J connectivity index is 1.46. The molecule has 10 heteroatoms. The molecule has 1 unspecified atom stereocenters. The molecule has 4 aromatic rings. The molecule has 4 aromatic heterocycles. The minimum atomic E-state index is 0.0359. The van der Waals surface area contributed by atoms with Gasteiger partial charge in [0.25, 0.3) is 0 Å². The smallest absolute Gasteiger partial charge is 0.183 e. The SMILES string of the molecule is COCc1nc2n(n1)CCCC2Nc1nc(-c2cnccn2)nc2sc3c(c12)CCCC3. The van der Waals surface area contributed by atoms with Crippen molar-refractivity contribution in [2.24, 2.45) is 0 Å². The molecule has 0 fully saturated rings. The van der Waals surface area contributed by atoms with Gasteiger partial charge in [0.05, 0.1) is 17.6 Å². The lowest BCUT2D eigenvalue weighted by Crippen LogP contribution is -2.23. The minimum Gasteiger partial charge on any atom is -0.377 e. The lowest BCUT2D eigenvalue weighted by molar-refractivity contribution is 0.177. The Morgan fingerprint density at radius 1 is 1.16 bits per heavy atom. The highest BCUT2D eigenvalue weighted by atomic mass is 32.1. The van der Waals surface area contributed by atoms with Crippen LogP contribution in [0.5, 0.6) is 0 Å². The third-order valence-electron chi connectivity index (χ3n) is 6.11. The first kappa shape index (κ1) is 19.7. The van der Waals surface area contributed by atoms with Gasteiger partial charge in [0.1, 0.15) is 28.8 Å². The van der Waals surface area contributed by atoms with Crippen LogP contribution in [0.15, 0.2) is 18.6 Å². The van der Waals surface area contributed by atoms with Crippen molar-refractivity contribution in [1.82, 2.24) is 34.7 Å². The number of aromatic nitrogens is 7. The second kappa shape index (κ2) is 8.18. The van der Waals surface area contributed by atoms with Crippen molar-refractivity contribution in [2.45, 2.75) is 57.7 Å². The zero-order valence-electron chi connectivity index (χ0n) is 17.9. The van der Waals surface area contributed by atoms with Gasteiger partial charge in [-0.05, 0) is 44.1 Å². The molecule has 0 radical (unpaired) electrons. The number of methoxy groups -OCH3 is 1. The summed E-state index contributed by atoms with van der Waals surface area (Å²) in [5, 5.41) is 9.50. The summed E-state index contributed by atoms with van der Waals surface area (Å²) in [4.78, 5) is 25.7. The number of hydrogen-bond acceptors (Lipinski definition) is 9. The Labute approximate surface area is 189 Å². The van der Waals surface area contributed by atoms with E-state index in [1.807, 2.05) is 4.68 Å². The van der Waals surface area contributed by atoms with Crippen molar-refractivity contribution < 1.29 is 4.74 Å². The van der Waals surface area contributed by atoms with Crippen molar-refractivity contribution in [3.05, 3.63) is 40.7 Å². The molecular weight excluding hydrogens is 424 g/mol. The van der Waals surface area contributed by atoms with Gasteiger partial charge in [-0.3, -0.25) is 4.98 Å². The number of rotatable bonds is 5. The Kier molecular flexibility index (Phi) is 5.03. The highest BCUT2D eigenvalue weighted by Gasteiger charge is 2.28. The van der Waals surface area contributed by atoms with E-state index in [1.165, 1.54) is 23.3 Å². The van der Waals surface area contributed by atoms with E-state index >= 15 is 0 Å². The molecule has 0 spiro atoms. The molecule has 6 rings (SSSR count). The number of aryl methyl sites for hydroxylation is 3. The van der Waals surface area contributed by atoms with Gasteiger partial charge in [-0.2, -0.15) is 5.10 Å². The molecule has 1 atom stereocenters. The average molecular weight is 449 g/mol. The number of ether oxygens (including phenoxy) is 1. The largest absolute Gasteiger partial charge is 0.377 e. The van der Waals surface area contributed by atoms with Crippen LogP contribution in [0.2, 0.25) is 0 Å². The Hall–Kier alpha value is -2.98. The molecule has 164 valence electrons. The number of fused-ring (bicyclic) bond motifs is 4. The van der Waals surface area contributed by atoms with Crippen molar-refractivity contribution in [1.29, 1.82) is 0 Å². The van der Waals surface area contributed by atoms with Gasteiger partial charge in [-0.15, -0.1) is 11.3 Å². The highest BCUT2D eigenvalue weighted by molar-refractivity contribution is 7.19. The number of hydrogen-bond donors (Lipinski definition) is 1. The fourth-order valence-corrected chi connectivity index (χ4v) is 5.94. The van der Waals surface area contributed by atoms with Crippen molar-refractivity contribution in [3.8, 4) is 11.5 Å². The standard InChI is InChI=1S/C22H24N8OS/c1-31-12-17-26-21-14(6-4-10-30(21)29-17)25-20-18-13-5-2-3-7-16(13)32-22(18)28-19(27-20)15-11-23-8-9-24-15/h8-9,11,14H,2-7,10,12H2,1H3,(H,25,27,28). The predicted molar refractivity (Wildman–Crippen MR) is 121 cm³/mol. The van der Waals surface area contributed by atoms with Gasteiger partial charge in [-0.25, -0.2) is 24.6 Å². The van der Waals surface area contributed by atoms with E-state index in [0.717, 1.165) is 59.9 Å². The molecule has 1 N–H and O–H groups in total. The van der Waals surface area contributed by atoms with E-state index in [4.69, 9.17) is 19.7 Å². The maximum atomic E-state index is 5.24. The molecule has 5 heterocycles. The molecule has 2 aliphatic rings. The zero-order chi connectivity index (χ0) is 21.5. The second-order valence-electron chi connectivity index (χ2n) is 8.26. The summed E-state index contributed by atoms with van der Waals surface area (Å²) in [6.45, 7) is 1.29. The summed E-state index contributed by atoms with van der Waals surface area (Å²) >= 11 is 1.79. The number of anilines is 1. The van der Waals surface area contributed by atoms with Crippen LogP contribution in [0.3, 0.4) is 0 Å². The summed E-state index contributed by atoms with van der Waals surface area (Å²) in [6, 6.07) is 0.0359. The van der Waals surface area contributed by atoms with Crippen LogP contribution >= 0.6 is 11.3 Å². The molecule has 0 amide bonds. The van der Waals surface area contributed by atoms with Crippen LogP contribution in [0, 0.1) is 0 Å². The van der Waals surface area contributed by atoms with Crippen LogP contribution in [0.1, 0.15) is 53.8 Å². The molecule has 0 aromatic carbocycles. The highest BCUT2D eigenvalue weighted by Crippen LogP contribution is 2.41. The zero-order valence-corrected chi connectivity index (χ0v) is 18.7. The van der Waals surface area contributed by atoms with E-state index < -0.39 is 0 Å². The van der Waals surface area contributed by atoms with Gasteiger partial charge in [0, 0.05) is 30.9 Å². The third-order valence-corrected chi connectivity index (χ3v) is 7.30. The van der Waals surface area contributed by atoms with Crippen molar-refractivity contribution in [2.75, 3.05) is 12.4 Å². The molecule has 0 saturated heterocycles. The van der Waals surface area contributed by atoms with Gasteiger partial charge < -0.3 is 10.1 Å². The van der Waals surface area contributed by atoms with Crippen LogP contribution in [-0.2, 0) is 30.7 Å². The van der Waals surface area contributed by atoms with Crippen molar-refractivity contribution in [3.63, 3.8) is 0 Å². The van der Waals surface area contributed by atoms with Gasteiger partial charge in [-0.1, -0.05) is 0 Å². The minimum absolute atomic E-state index is 0.0359. The number of nitrogens with one attached hydrogen (secondary N) is 1. The van der Waals surface area contributed by atoms with E-state index in [9.17, 15) is 0 Å². The Bertz CT molecular complexity index is 1270. The maximum Gasteiger partial charge on any atom is 0.183 e. The normalized spacial score (nSPS) is 17.8. The summed E-state index contributed by atoms with van der Waals surface area (Å²) in [7, 11) is 1.67. The van der Waals surface area contributed by atoms with Crippen LogP contribution in [-0.4, -0.2) is 41.8 Å². The molecule has 1 aliphatic carbocycles. The fourth-order valence-electron chi connectivity index (χ4n) is 4.68. The first-order valence-electron chi connectivity index (χ1n) is 11.1. The topological polar surface area (TPSA) is 104 Å². The van der Waals surface area contributed by atoms with E-state index in [0.29, 0.717) is 18.1 Å². The molecule has 0 saturated carbocycles. The van der Waals surface area contributed by atoms with E-state index in [1.54, 1.807) is 37.0 Å². The molecule has 0 bridgehead atoms. The summed E-state index contributed by atoms with van der Waals surface area (Å²) in [5.41, 5.74) is 2.08. The monoisotopic (exact) mass is 448 g/mol. The molecule has 9 nitrogen and oxygen atoms in total. The predicted octanol–water partition coefficient (Wildman–Crippen LogP) is 3.71. The summed E-state index contributed by atoms with van der Waals surface area (Å²) in [5.74, 6) is 3.13. The van der Waals surface area contributed by atoms with Crippen LogP contribution < -0.4 is 5.32 Å². The van der Waals surface area contributed by atoms with Crippen LogP contribution in [0.4, 0.5) is 5.82 Å². The van der Waals surface area contributed by atoms with E-state index in [-0.39, 0.29) is 6.04 Å². The van der Waals surface area contributed by atoms with Crippen LogP contribution in [0.25, 0.3) is 21.7 Å². The van der Waals surface area contributed by atoms with Gasteiger partial charge in [0.2, 0.25) is 0 Å². The lowest BCUT2D eigenvalue weighted by Gasteiger charge is -2.24. The quantitative estimate of drug-likeness (QED) is 0.493. The molecule has 1 aliphatic heterocycles. The number of thiophene rings is 1. The first-order chi connectivity index (χ1) is 15.8. The summed E-state index contributed by atoms with van der Waals surface area (Å²) < 4.78 is 7.24. The fraction of sp³-hybridized carbons (Fsp3) is 0.455. The van der Waals surface area contributed by atoms with Gasteiger partial charge in [0.15, 0.2) is 11.6 Å². The third kappa shape index (κ3) is 3.43. The maximum absolute atomic E-state index is 5.24. The number of nitrogens with zero attached hydrogens (tertiary/aromatic N) is 7. The summed E-state index contributed by atoms with van der Waals surface area (Å²) in [6.07, 6.45) is 11.7. The Morgan fingerprint density at radius 3 is 2.97 bits per heavy atom. The Morgan fingerprint density at radius 2 is 2.09 bits per heavy atom. The average Bonchev–Trinajstić information content (AvgIpc) is 3.41. The van der Waals surface area contributed by atoms with Crippen molar-refractivity contribution >= 4 is 27.4 Å². The first-order valence-corrected chi connectivity index (χ1v) is 11.9. The molecular formula is C22H24N8OS. The molecule has 32 heavy (non-hydrogen) atoms. The van der Waals surface area contributed by atoms with E-state index in [2.05, 4.69) is 20.4 Å². The van der Waals surface area contributed by atoms with Gasteiger partial charge >= 0.3 is 0 Å². The second-order valence-corrected chi connectivity index (χ2v) is 9.34.